The molecular formula is C17H26N4O2. The normalized spacial score (nSPS) is 21.0. The quantitative estimate of drug-likeness (QED) is 0.644. The van der Waals surface area contributed by atoms with Crippen molar-refractivity contribution in [3.8, 4) is 0 Å². The van der Waals surface area contributed by atoms with Crippen LogP contribution < -0.4 is 21.5 Å². The van der Waals surface area contributed by atoms with Gasteiger partial charge in [-0.25, -0.2) is 5.43 Å². The number of carbonyl (C=O) groups is 2. The van der Waals surface area contributed by atoms with E-state index >= 15 is 0 Å². The first-order chi connectivity index (χ1) is 10.8. The lowest BCUT2D eigenvalue weighted by Crippen LogP contribution is -2.48. The van der Waals surface area contributed by atoms with Crippen LogP contribution in [0.4, 0.5) is 0 Å². The molecule has 1 aliphatic rings. The van der Waals surface area contributed by atoms with Gasteiger partial charge in [0.2, 0.25) is 11.8 Å². The molecule has 2 unspecified atom stereocenters. The zero-order chi connectivity index (χ0) is 16.9. The molecule has 4 N–H and O–H groups in total. The molecule has 6 heteroatoms. The molecule has 23 heavy (non-hydrogen) atoms. The minimum atomic E-state index is -0.194. The van der Waals surface area contributed by atoms with Gasteiger partial charge in [-0.2, -0.15) is 0 Å². The van der Waals surface area contributed by atoms with Gasteiger partial charge in [-0.15, -0.1) is 0 Å². The Labute approximate surface area is 137 Å². The Hall–Kier alpha value is -1.92. The molecule has 0 aromatic heterocycles. The molecule has 0 radical (unpaired) electrons. The van der Waals surface area contributed by atoms with Gasteiger partial charge >= 0.3 is 0 Å². The summed E-state index contributed by atoms with van der Waals surface area (Å²) in [5.41, 5.74) is 7.33. The highest BCUT2D eigenvalue weighted by molar-refractivity contribution is 5.85. The molecule has 1 aromatic carbocycles. The Morgan fingerprint density at radius 2 is 1.83 bits per heavy atom. The van der Waals surface area contributed by atoms with Crippen molar-refractivity contribution in [2.24, 2.45) is 5.41 Å². The third-order valence-electron chi connectivity index (χ3n) is 3.94. The summed E-state index contributed by atoms with van der Waals surface area (Å²) >= 11 is 0. The van der Waals surface area contributed by atoms with Gasteiger partial charge in [-0.05, 0) is 17.4 Å². The number of hydrogen-bond donors (Lipinski definition) is 4. The molecule has 0 bridgehead atoms. The van der Waals surface area contributed by atoms with Crippen molar-refractivity contribution >= 4 is 11.8 Å². The van der Waals surface area contributed by atoms with Gasteiger partial charge in [-0.1, -0.05) is 51.1 Å². The first-order valence-corrected chi connectivity index (χ1v) is 7.95. The number of hydrazine groups is 1. The van der Waals surface area contributed by atoms with Gasteiger partial charge in [0, 0.05) is 6.04 Å². The largest absolute Gasteiger partial charge is 0.347 e. The van der Waals surface area contributed by atoms with Crippen LogP contribution in [-0.4, -0.2) is 30.6 Å². The van der Waals surface area contributed by atoms with Crippen LogP contribution in [0.1, 0.15) is 32.8 Å². The Bertz CT molecular complexity index is 539. The molecule has 0 spiro atoms. The number of nitrogens with one attached hydrogen (secondary N) is 4. The molecule has 1 saturated heterocycles. The summed E-state index contributed by atoms with van der Waals surface area (Å²) in [5.74, 6) is -0.350. The zero-order valence-corrected chi connectivity index (χ0v) is 14.0. The summed E-state index contributed by atoms with van der Waals surface area (Å²) in [4.78, 5) is 23.7. The van der Waals surface area contributed by atoms with E-state index in [9.17, 15) is 9.59 Å². The van der Waals surface area contributed by atoms with Crippen LogP contribution in [0.3, 0.4) is 0 Å². The number of amides is 2. The van der Waals surface area contributed by atoms with Gasteiger partial charge in [0.25, 0.3) is 0 Å². The lowest BCUT2D eigenvalue weighted by Gasteiger charge is -2.25. The Morgan fingerprint density at radius 3 is 2.43 bits per heavy atom. The second kappa shape index (κ2) is 7.57. The maximum absolute atomic E-state index is 11.9. The van der Waals surface area contributed by atoms with Gasteiger partial charge in [-0.3, -0.25) is 15.0 Å². The Kier molecular flexibility index (Phi) is 5.74. The molecule has 2 amide bonds. The van der Waals surface area contributed by atoms with Crippen LogP contribution in [-0.2, 0) is 16.0 Å². The van der Waals surface area contributed by atoms with Gasteiger partial charge < -0.3 is 10.6 Å². The van der Waals surface area contributed by atoms with Crippen molar-refractivity contribution in [1.82, 2.24) is 21.5 Å². The second-order valence-corrected chi connectivity index (χ2v) is 7.00. The van der Waals surface area contributed by atoms with E-state index < -0.39 is 0 Å². The second-order valence-electron chi connectivity index (χ2n) is 7.00. The maximum Gasteiger partial charge on any atom is 0.240 e. The van der Waals surface area contributed by atoms with E-state index in [1.165, 1.54) is 0 Å². The number of hydrogen-bond acceptors (Lipinski definition) is 4. The van der Waals surface area contributed by atoms with Crippen LogP contribution in [0.2, 0.25) is 0 Å². The fraction of sp³-hybridized carbons (Fsp3) is 0.529. The minimum absolute atomic E-state index is 0.00989. The monoisotopic (exact) mass is 318 g/mol. The summed E-state index contributed by atoms with van der Waals surface area (Å²) in [6, 6.07) is 9.75. The summed E-state index contributed by atoms with van der Waals surface area (Å²) in [6.45, 7) is 6.45. The average Bonchev–Trinajstić information content (AvgIpc) is 2.95. The molecule has 126 valence electrons. The van der Waals surface area contributed by atoms with E-state index in [4.69, 9.17) is 0 Å². The fourth-order valence-corrected chi connectivity index (χ4v) is 2.49. The fourth-order valence-electron chi connectivity index (χ4n) is 2.49. The topological polar surface area (TPSA) is 82.3 Å². The van der Waals surface area contributed by atoms with Crippen molar-refractivity contribution in [3.05, 3.63) is 35.9 Å². The van der Waals surface area contributed by atoms with E-state index in [-0.39, 0.29) is 36.4 Å². The summed E-state index contributed by atoms with van der Waals surface area (Å²) in [7, 11) is 0. The smallest absolute Gasteiger partial charge is 0.240 e. The molecule has 0 aliphatic carbocycles. The van der Waals surface area contributed by atoms with E-state index in [1.807, 2.05) is 30.3 Å². The summed E-state index contributed by atoms with van der Waals surface area (Å²) in [5, 5.41) is 5.52. The number of benzene rings is 1. The average molecular weight is 318 g/mol. The Morgan fingerprint density at radius 1 is 1.13 bits per heavy atom. The van der Waals surface area contributed by atoms with Crippen LogP contribution in [0.5, 0.6) is 0 Å². The predicted octanol–water partition coefficient (Wildman–Crippen LogP) is 0.700. The van der Waals surface area contributed by atoms with Crippen molar-refractivity contribution in [2.45, 2.75) is 45.8 Å². The van der Waals surface area contributed by atoms with Crippen LogP contribution in [0, 0.1) is 5.41 Å². The number of rotatable bonds is 5. The van der Waals surface area contributed by atoms with Crippen molar-refractivity contribution < 1.29 is 9.59 Å². The molecule has 1 fully saturated rings. The van der Waals surface area contributed by atoms with E-state index in [0.29, 0.717) is 6.04 Å². The lowest BCUT2D eigenvalue weighted by molar-refractivity contribution is -0.126. The summed E-state index contributed by atoms with van der Waals surface area (Å²) in [6.07, 6.45) is 0.981. The highest BCUT2D eigenvalue weighted by atomic mass is 16.2. The van der Waals surface area contributed by atoms with Gasteiger partial charge in [0.15, 0.2) is 0 Å². The van der Waals surface area contributed by atoms with Crippen molar-refractivity contribution in [3.63, 3.8) is 0 Å². The standard InChI is InChI=1S/C17H26N4O2/c1-17(2,3)13-10-14(21-20-13)19-16(23)11-18-15(22)9-12-7-5-4-6-8-12/h4-8,13-14,20-21H,9-11H2,1-3H3,(H,18,22)(H,19,23). The SMILES string of the molecule is CC(C)(C)C1CC(NC(=O)CNC(=O)Cc2ccccc2)NN1. The molecule has 0 saturated carbocycles. The lowest BCUT2D eigenvalue weighted by atomic mass is 9.85. The third kappa shape index (κ3) is 5.65. The van der Waals surface area contributed by atoms with E-state index in [0.717, 1.165) is 12.0 Å². The molecule has 1 aliphatic heterocycles. The molecule has 2 rings (SSSR count). The molecule has 2 atom stereocenters. The predicted molar refractivity (Wildman–Crippen MR) is 89.2 cm³/mol. The zero-order valence-electron chi connectivity index (χ0n) is 14.0. The van der Waals surface area contributed by atoms with Gasteiger partial charge in [0.05, 0.1) is 19.1 Å². The minimum Gasteiger partial charge on any atom is -0.347 e. The third-order valence-corrected chi connectivity index (χ3v) is 3.94. The molecule has 6 nitrogen and oxygen atoms in total. The highest BCUT2D eigenvalue weighted by Gasteiger charge is 2.33. The maximum atomic E-state index is 11.9. The van der Waals surface area contributed by atoms with E-state index in [2.05, 4.69) is 42.3 Å². The van der Waals surface area contributed by atoms with E-state index in [1.54, 1.807) is 0 Å². The van der Waals surface area contributed by atoms with Crippen molar-refractivity contribution in [2.75, 3.05) is 6.54 Å². The van der Waals surface area contributed by atoms with Gasteiger partial charge in [0.1, 0.15) is 0 Å². The Balaban J connectivity index is 1.68. The first-order valence-electron chi connectivity index (χ1n) is 7.95. The summed E-state index contributed by atoms with van der Waals surface area (Å²) < 4.78 is 0. The van der Waals surface area contributed by atoms with Crippen LogP contribution in [0.15, 0.2) is 30.3 Å². The van der Waals surface area contributed by atoms with Crippen molar-refractivity contribution in [1.29, 1.82) is 0 Å². The number of carbonyl (C=O) groups excluding carboxylic acids is 2. The van der Waals surface area contributed by atoms with Crippen LogP contribution >= 0.6 is 0 Å². The first kappa shape index (κ1) is 17.4. The molecule has 1 heterocycles. The van der Waals surface area contributed by atoms with Crippen LogP contribution in [0.25, 0.3) is 0 Å². The molecular weight excluding hydrogens is 292 g/mol. The highest BCUT2D eigenvalue weighted by Crippen LogP contribution is 2.24. The molecule has 1 aromatic rings.